The van der Waals surface area contributed by atoms with E-state index in [0.717, 1.165) is 37.9 Å². The van der Waals surface area contributed by atoms with Crippen molar-refractivity contribution in [3.8, 4) is 0 Å². The van der Waals surface area contributed by atoms with Gasteiger partial charge >= 0.3 is 6.03 Å². The van der Waals surface area contributed by atoms with E-state index >= 15 is 0 Å². The number of nitrogens with one attached hydrogen (secondary N) is 2. The van der Waals surface area contributed by atoms with E-state index in [4.69, 9.17) is 0 Å². The van der Waals surface area contributed by atoms with Gasteiger partial charge in [-0.1, -0.05) is 42.5 Å². The maximum atomic E-state index is 13.3. The summed E-state index contributed by atoms with van der Waals surface area (Å²) < 4.78 is 0. The van der Waals surface area contributed by atoms with Crippen LogP contribution in [0, 0.1) is 0 Å². The van der Waals surface area contributed by atoms with E-state index in [1.165, 1.54) is 38.5 Å². The van der Waals surface area contributed by atoms with E-state index in [1.54, 1.807) is 0 Å². The summed E-state index contributed by atoms with van der Waals surface area (Å²) >= 11 is 0. The molecule has 2 heterocycles. The number of carbonyl (C=O) groups is 2. The molecule has 0 saturated carbocycles. The van der Waals surface area contributed by atoms with Crippen molar-refractivity contribution in [3.63, 3.8) is 0 Å². The van der Waals surface area contributed by atoms with Crippen molar-refractivity contribution < 1.29 is 14.5 Å². The smallest absolute Gasteiger partial charge is 0.319 e. The van der Waals surface area contributed by atoms with Crippen LogP contribution in [0.25, 0.3) is 0 Å². The highest BCUT2D eigenvalue weighted by Gasteiger charge is 2.50. The van der Waals surface area contributed by atoms with Gasteiger partial charge in [-0.2, -0.15) is 0 Å². The number of hydrogen-bond acceptors (Lipinski definition) is 2. The molecule has 0 spiro atoms. The monoisotopic (exact) mass is 376 g/mol. The standard InChI is InChI=1S/C23H25N3O2/c1-23(20-10-9-16-7-4-8-18(16)13-20)21(27)26(22(28)24-23)15-25-12-11-17-5-2-3-6-19(17)14-25/h2-3,5-6,9-10,13H,4,7-8,11-12,14-15H2,1H3,(H,24,28)/p+1/t23-/m0/s1. The molecular weight excluding hydrogens is 350 g/mol. The lowest BCUT2D eigenvalue weighted by atomic mass is 9.90. The molecule has 5 rings (SSSR count). The number of benzene rings is 2. The summed E-state index contributed by atoms with van der Waals surface area (Å²) in [6, 6.07) is 14.4. The topological polar surface area (TPSA) is 53.9 Å². The third kappa shape index (κ3) is 2.73. The first-order chi connectivity index (χ1) is 13.5. The van der Waals surface area contributed by atoms with Gasteiger partial charge in [-0.3, -0.25) is 4.79 Å². The number of quaternary nitrogens is 1. The molecule has 1 fully saturated rings. The maximum absolute atomic E-state index is 13.3. The van der Waals surface area contributed by atoms with Gasteiger partial charge in [0.2, 0.25) is 0 Å². The first-order valence-corrected chi connectivity index (χ1v) is 10.2. The number of rotatable bonds is 3. The average molecular weight is 376 g/mol. The van der Waals surface area contributed by atoms with Crippen molar-refractivity contribution in [1.29, 1.82) is 0 Å². The molecule has 0 radical (unpaired) electrons. The van der Waals surface area contributed by atoms with Crippen LogP contribution in [0.4, 0.5) is 4.79 Å². The van der Waals surface area contributed by atoms with Crippen LogP contribution >= 0.6 is 0 Å². The van der Waals surface area contributed by atoms with Crippen molar-refractivity contribution in [2.45, 2.75) is 44.7 Å². The minimum atomic E-state index is -0.970. The second kappa shape index (κ2) is 6.45. The Morgan fingerprint density at radius 2 is 1.75 bits per heavy atom. The molecule has 1 saturated heterocycles. The van der Waals surface area contributed by atoms with E-state index < -0.39 is 5.54 Å². The van der Waals surface area contributed by atoms with Gasteiger partial charge in [0.05, 0.1) is 6.54 Å². The Morgan fingerprint density at radius 3 is 2.61 bits per heavy atom. The maximum Gasteiger partial charge on any atom is 0.329 e. The molecule has 2 atom stereocenters. The summed E-state index contributed by atoms with van der Waals surface area (Å²) in [6.07, 6.45) is 4.32. The summed E-state index contributed by atoms with van der Waals surface area (Å²) in [7, 11) is 0. The van der Waals surface area contributed by atoms with Gasteiger partial charge in [0.15, 0.2) is 6.67 Å². The van der Waals surface area contributed by atoms with Crippen molar-refractivity contribution in [2.24, 2.45) is 0 Å². The second-order valence-corrected chi connectivity index (χ2v) is 8.48. The Morgan fingerprint density at radius 1 is 1.00 bits per heavy atom. The zero-order valence-corrected chi connectivity index (χ0v) is 16.3. The van der Waals surface area contributed by atoms with Gasteiger partial charge in [-0.15, -0.1) is 0 Å². The number of nitrogens with zero attached hydrogens (tertiary/aromatic N) is 1. The van der Waals surface area contributed by atoms with E-state index in [2.05, 4.69) is 41.7 Å². The van der Waals surface area contributed by atoms with Gasteiger partial charge in [0.1, 0.15) is 12.1 Å². The van der Waals surface area contributed by atoms with Gasteiger partial charge in [0.25, 0.3) is 5.91 Å². The molecule has 0 aromatic heterocycles. The third-order valence-corrected chi connectivity index (χ3v) is 6.64. The van der Waals surface area contributed by atoms with E-state index in [-0.39, 0.29) is 11.9 Å². The lowest BCUT2D eigenvalue weighted by Crippen LogP contribution is -3.13. The Bertz CT molecular complexity index is 970. The third-order valence-electron chi connectivity index (χ3n) is 6.64. The summed E-state index contributed by atoms with van der Waals surface area (Å²) in [5.41, 5.74) is 5.31. The minimum Gasteiger partial charge on any atom is -0.319 e. The van der Waals surface area contributed by atoms with Crippen LogP contribution in [0.1, 0.15) is 41.2 Å². The molecule has 1 unspecified atom stereocenters. The minimum absolute atomic E-state index is 0.137. The van der Waals surface area contributed by atoms with Gasteiger partial charge < -0.3 is 10.2 Å². The lowest BCUT2D eigenvalue weighted by molar-refractivity contribution is -0.923. The van der Waals surface area contributed by atoms with Crippen molar-refractivity contribution in [2.75, 3.05) is 13.2 Å². The molecule has 2 aliphatic heterocycles. The van der Waals surface area contributed by atoms with Crippen LogP contribution in [0.15, 0.2) is 42.5 Å². The fourth-order valence-electron chi connectivity index (χ4n) is 4.92. The largest absolute Gasteiger partial charge is 0.329 e. The summed E-state index contributed by atoms with van der Waals surface area (Å²) in [4.78, 5) is 28.7. The molecule has 3 aliphatic rings. The van der Waals surface area contributed by atoms with Crippen LogP contribution in [0.5, 0.6) is 0 Å². The molecule has 1 aliphatic carbocycles. The number of aryl methyl sites for hydroxylation is 2. The lowest BCUT2D eigenvalue weighted by Gasteiger charge is -2.28. The first kappa shape index (κ1) is 17.4. The summed E-state index contributed by atoms with van der Waals surface area (Å²) in [6.45, 7) is 4.04. The Kier molecular flexibility index (Phi) is 4.02. The highest BCUT2D eigenvalue weighted by atomic mass is 16.2. The van der Waals surface area contributed by atoms with Crippen LogP contribution in [0.3, 0.4) is 0 Å². The van der Waals surface area contributed by atoms with Crippen molar-refractivity contribution in [1.82, 2.24) is 10.2 Å². The number of amides is 3. The molecular formula is C23H26N3O2+. The van der Waals surface area contributed by atoms with Crippen LogP contribution < -0.4 is 10.2 Å². The Balaban J connectivity index is 1.36. The zero-order chi connectivity index (χ0) is 19.3. The van der Waals surface area contributed by atoms with Crippen molar-refractivity contribution >= 4 is 11.9 Å². The van der Waals surface area contributed by atoms with Gasteiger partial charge in [0, 0.05) is 12.0 Å². The van der Waals surface area contributed by atoms with E-state index in [1.807, 2.05) is 13.0 Å². The normalized spacial score (nSPS) is 26.2. The second-order valence-electron chi connectivity index (χ2n) is 8.48. The molecule has 2 aromatic rings. The quantitative estimate of drug-likeness (QED) is 0.799. The molecule has 2 aromatic carbocycles. The molecule has 5 nitrogen and oxygen atoms in total. The van der Waals surface area contributed by atoms with E-state index in [9.17, 15) is 9.59 Å². The summed E-state index contributed by atoms with van der Waals surface area (Å²) in [5, 5.41) is 2.97. The number of urea groups is 1. The fourth-order valence-corrected chi connectivity index (χ4v) is 4.92. The molecule has 144 valence electrons. The predicted molar refractivity (Wildman–Crippen MR) is 106 cm³/mol. The molecule has 28 heavy (non-hydrogen) atoms. The van der Waals surface area contributed by atoms with Crippen LogP contribution in [-0.2, 0) is 36.1 Å². The van der Waals surface area contributed by atoms with Crippen molar-refractivity contribution in [3.05, 3.63) is 70.3 Å². The number of imide groups is 1. The number of fused-ring (bicyclic) bond motifs is 2. The first-order valence-electron chi connectivity index (χ1n) is 10.2. The molecule has 0 bridgehead atoms. The molecule has 2 N–H and O–H groups in total. The van der Waals surface area contributed by atoms with Crippen LogP contribution in [-0.4, -0.2) is 30.1 Å². The number of hydrogen-bond donors (Lipinski definition) is 2. The summed E-state index contributed by atoms with van der Waals surface area (Å²) in [5.74, 6) is -0.137. The predicted octanol–water partition coefficient (Wildman–Crippen LogP) is 1.54. The molecule has 3 amide bonds. The number of carbonyl (C=O) groups excluding carboxylic acids is 2. The molecule has 5 heteroatoms. The highest BCUT2D eigenvalue weighted by molar-refractivity contribution is 6.07. The Hall–Kier alpha value is -2.66. The fraction of sp³-hybridized carbons (Fsp3) is 0.391. The zero-order valence-electron chi connectivity index (χ0n) is 16.3. The van der Waals surface area contributed by atoms with E-state index in [0.29, 0.717) is 6.67 Å². The Labute approximate surface area is 165 Å². The average Bonchev–Trinajstić information content (AvgIpc) is 3.26. The van der Waals surface area contributed by atoms with Gasteiger partial charge in [-0.25, -0.2) is 9.69 Å². The van der Waals surface area contributed by atoms with Gasteiger partial charge in [-0.05, 0) is 48.4 Å². The SMILES string of the molecule is C[C@@]1(c2ccc3c(c2)CCC3)NC(=O)N(C[NH+]2CCc3ccccc3C2)C1=O. The highest BCUT2D eigenvalue weighted by Crippen LogP contribution is 2.32. The van der Waals surface area contributed by atoms with Crippen LogP contribution in [0.2, 0.25) is 0 Å².